The number of hydrogen-bond donors (Lipinski definition) is 2. The first-order chi connectivity index (χ1) is 9.11. The topological polar surface area (TPSA) is 80.5 Å². The van der Waals surface area contributed by atoms with Crippen molar-refractivity contribution < 1.29 is 9.53 Å². The number of hydrogen-bond acceptors (Lipinski definition) is 6. The largest absolute Gasteiger partial charge is 0.465 e. The number of nitrogens with two attached hydrogens (primary N) is 1. The summed E-state index contributed by atoms with van der Waals surface area (Å²) in [5.74, 6) is 0.703. The molecule has 6 heteroatoms. The normalized spacial score (nSPS) is 19.4. The Balaban J connectivity index is 2.02. The minimum atomic E-state index is -0.441. The lowest BCUT2D eigenvalue weighted by Gasteiger charge is -2.14. The van der Waals surface area contributed by atoms with Gasteiger partial charge in [0.25, 0.3) is 0 Å². The summed E-state index contributed by atoms with van der Waals surface area (Å²) in [4.78, 5) is 18.0. The van der Waals surface area contributed by atoms with Gasteiger partial charge in [0, 0.05) is 19.3 Å². The van der Waals surface area contributed by atoms with Gasteiger partial charge in [-0.2, -0.15) is 0 Å². The molecule has 1 aliphatic heterocycles. The molecule has 0 spiro atoms. The summed E-state index contributed by atoms with van der Waals surface area (Å²) in [5, 5.41) is 3.22. The number of nitrogens with one attached hydrogen (secondary N) is 1. The highest BCUT2D eigenvalue weighted by atomic mass is 16.5. The first-order valence-corrected chi connectivity index (χ1v) is 6.37. The highest BCUT2D eigenvalue weighted by molar-refractivity contribution is 5.97. The molecular formula is C13H20N4O2. The maximum Gasteiger partial charge on any atom is 0.340 e. The van der Waals surface area contributed by atoms with Crippen LogP contribution in [-0.4, -0.2) is 49.6 Å². The Hall–Kier alpha value is -1.82. The van der Waals surface area contributed by atoms with Gasteiger partial charge in [0.05, 0.1) is 18.4 Å². The van der Waals surface area contributed by atoms with E-state index in [0.29, 0.717) is 23.0 Å². The molecule has 19 heavy (non-hydrogen) atoms. The first-order valence-electron chi connectivity index (χ1n) is 6.37. The van der Waals surface area contributed by atoms with Crippen LogP contribution in [0.1, 0.15) is 16.8 Å². The number of anilines is 2. The third-order valence-corrected chi connectivity index (χ3v) is 3.44. The van der Waals surface area contributed by atoms with Crippen LogP contribution in [-0.2, 0) is 4.74 Å². The zero-order valence-electron chi connectivity index (χ0n) is 11.3. The first kappa shape index (κ1) is 13.6. The second-order valence-electron chi connectivity index (χ2n) is 4.91. The second kappa shape index (κ2) is 5.88. The average Bonchev–Trinajstić information content (AvgIpc) is 2.82. The van der Waals surface area contributed by atoms with Gasteiger partial charge in [0.2, 0.25) is 0 Å². The molecule has 1 fully saturated rings. The van der Waals surface area contributed by atoms with E-state index < -0.39 is 5.97 Å². The number of aromatic nitrogens is 1. The molecule has 2 heterocycles. The number of nitrogens with zero attached hydrogens (tertiary/aromatic N) is 2. The molecule has 0 amide bonds. The lowest BCUT2D eigenvalue weighted by Crippen LogP contribution is -2.20. The average molecular weight is 264 g/mol. The Morgan fingerprint density at radius 3 is 3.11 bits per heavy atom. The summed E-state index contributed by atoms with van der Waals surface area (Å²) in [6, 6.07) is 1.57. The van der Waals surface area contributed by atoms with Gasteiger partial charge in [0.1, 0.15) is 5.82 Å². The van der Waals surface area contributed by atoms with Gasteiger partial charge in [-0.15, -0.1) is 0 Å². The Bertz CT molecular complexity index is 464. The molecule has 0 saturated carbocycles. The van der Waals surface area contributed by atoms with Gasteiger partial charge >= 0.3 is 5.97 Å². The van der Waals surface area contributed by atoms with Crippen LogP contribution in [0.4, 0.5) is 11.5 Å². The van der Waals surface area contributed by atoms with Crippen LogP contribution in [0.15, 0.2) is 12.3 Å². The van der Waals surface area contributed by atoms with Crippen LogP contribution >= 0.6 is 0 Å². The molecule has 2 rings (SSSR count). The standard InChI is InChI=1S/C13H20N4O2/c1-17-6-4-9(8-17)7-16-12-11(14)10(3-5-15-12)13(18)19-2/h3,5,9H,4,6-8,14H2,1-2H3,(H,15,16). The van der Waals surface area contributed by atoms with Crippen LogP contribution in [0.5, 0.6) is 0 Å². The van der Waals surface area contributed by atoms with Gasteiger partial charge in [0.15, 0.2) is 0 Å². The van der Waals surface area contributed by atoms with Crippen molar-refractivity contribution in [2.45, 2.75) is 6.42 Å². The number of rotatable bonds is 4. The van der Waals surface area contributed by atoms with Crippen LogP contribution in [0.2, 0.25) is 0 Å². The van der Waals surface area contributed by atoms with E-state index in [4.69, 9.17) is 5.73 Å². The summed E-state index contributed by atoms with van der Waals surface area (Å²) in [6.45, 7) is 3.01. The van der Waals surface area contributed by atoms with Crippen molar-refractivity contribution in [3.63, 3.8) is 0 Å². The van der Waals surface area contributed by atoms with Gasteiger partial charge < -0.3 is 20.7 Å². The molecule has 1 aromatic rings. The lowest BCUT2D eigenvalue weighted by atomic mass is 10.1. The molecule has 3 N–H and O–H groups in total. The number of methoxy groups -OCH3 is 1. The van der Waals surface area contributed by atoms with E-state index >= 15 is 0 Å². The molecule has 0 aliphatic carbocycles. The van der Waals surface area contributed by atoms with Crippen molar-refractivity contribution in [3.05, 3.63) is 17.8 Å². The third-order valence-electron chi connectivity index (χ3n) is 3.44. The Labute approximate surface area is 112 Å². The van der Waals surface area contributed by atoms with Crippen molar-refractivity contribution in [2.24, 2.45) is 5.92 Å². The van der Waals surface area contributed by atoms with E-state index in [0.717, 1.165) is 19.6 Å². The molecule has 1 aromatic heterocycles. The smallest absolute Gasteiger partial charge is 0.340 e. The van der Waals surface area contributed by atoms with Gasteiger partial charge in [-0.1, -0.05) is 0 Å². The van der Waals surface area contributed by atoms with Crippen LogP contribution in [0, 0.1) is 5.92 Å². The maximum absolute atomic E-state index is 11.5. The molecule has 1 aliphatic rings. The zero-order valence-corrected chi connectivity index (χ0v) is 11.3. The Kier molecular flexibility index (Phi) is 4.21. The molecule has 0 bridgehead atoms. The highest BCUT2D eigenvalue weighted by Crippen LogP contribution is 2.22. The van der Waals surface area contributed by atoms with E-state index in [9.17, 15) is 4.79 Å². The molecule has 1 atom stereocenters. The second-order valence-corrected chi connectivity index (χ2v) is 4.91. The summed E-state index contributed by atoms with van der Waals surface area (Å²) >= 11 is 0. The molecule has 6 nitrogen and oxygen atoms in total. The van der Waals surface area contributed by atoms with Crippen molar-refractivity contribution in [1.82, 2.24) is 9.88 Å². The minimum Gasteiger partial charge on any atom is -0.465 e. The van der Waals surface area contributed by atoms with E-state index in [-0.39, 0.29) is 0 Å². The molecule has 1 saturated heterocycles. The van der Waals surface area contributed by atoms with Gasteiger partial charge in [-0.25, -0.2) is 9.78 Å². The van der Waals surface area contributed by atoms with Gasteiger partial charge in [-0.05, 0) is 32.0 Å². The number of carbonyl (C=O) groups excluding carboxylic acids is 1. The predicted octanol–water partition coefficient (Wildman–Crippen LogP) is 0.814. The molecule has 0 aromatic carbocycles. The maximum atomic E-state index is 11.5. The Morgan fingerprint density at radius 1 is 1.68 bits per heavy atom. The van der Waals surface area contributed by atoms with E-state index in [1.54, 1.807) is 12.3 Å². The van der Waals surface area contributed by atoms with E-state index in [2.05, 4.69) is 27.0 Å². The highest BCUT2D eigenvalue weighted by Gasteiger charge is 2.20. The van der Waals surface area contributed by atoms with E-state index in [1.165, 1.54) is 13.5 Å². The monoisotopic (exact) mass is 264 g/mol. The zero-order chi connectivity index (χ0) is 13.8. The Morgan fingerprint density at radius 2 is 2.47 bits per heavy atom. The van der Waals surface area contributed by atoms with Crippen molar-refractivity contribution >= 4 is 17.5 Å². The quantitative estimate of drug-likeness (QED) is 0.783. The van der Waals surface area contributed by atoms with E-state index in [1.807, 2.05) is 0 Å². The SMILES string of the molecule is COC(=O)c1ccnc(NCC2CCN(C)C2)c1N. The molecule has 1 unspecified atom stereocenters. The fraction of sp³-hybridized carbons (Fsp3) is 0.538. The van der Waals surface area contributed by atoms with Gasteiger partial charge in [-0.3, -0.25) is 0 Å². The summed E-state index contributed by atoms with van der Waals surface area (Å²) in [5.41, 5.74) is 6.63. The number of pyridine rings is 1. The summed E-state index contributed by atoms with van der Waals surface area (Å²) < 4.78 is 4.68. The number of esters is 1. The van der Waals surface area contributed by atoms with Crippen molar-refractivity contribution in [1.29, 1.82) is 0 Å². The van der Waals surface area contributed by atoms with Crippen LogP contribution in [0.25, 0.3) is 0 Å². The molecule has 0 radical (unpaired) electrons. The van der Waals surface area contributed by atoms with Crippen molar-refractivity contribution in [3.8, 4) is 0 Å². The van der Waals surface area contributed by atoms with Crippen molar-refractivity contribution in [2.75, 3.05) is 44.8 Å². The fourth-order valence-electron chi connectivity index (χ4n) is 2.34. The number of likely N-dealkylation sites (tertiary alicyclic amines) is 1. The molecule has 104 valence electrons. The fourth-order valence-corrected chi connectivity index (χ4v) is 2.34. The summed E-state index contributed by atoms with van der Waals surface area (Å²) in [6.07, 6.45) is 2.73. The number of ether oxygens (including phenoxy) is 1. The number of nitrogen functional groups attached to an aromatic ring is 1. The minimum absolute atomic E-state index is 0.348. The van der Waals surface area contributed by atoms with Crippen LogP contribution in [0.3, 0.4) is 0 Å². The predicted molar refractivity (Wildman–Crippen MR) is 74.1 cm³/mol. The van der Waals surface area contributed by atoms with Crippen LogP contribution < -0.4 is 11.1 Å². The lowest BCUT2D eigenvalue weighted by molar-refractivity contribution is 0.0602. The summed E-state index contributed by atoms with van der Waals surface area (Å²) in [7, 11) is 3.45. The third kappa shape index (κ3) is 3.14. The molecular weight excluding hydrogens is 244 g/mol. The number of carbonyl (C=O) groups is 1.